The largest absolute Gasteiger partial charge is 0.465 e. The lowest BCUT2D eigenvalue weighted by Crippen LogP contribution is -2.59. The molecule has 2 bridgehead atoms. The third-order valence-corrected chi connectivity index (χ3v) is 8.11. The number of rotatable bonds is 3. The van der Waals surface area contributed by atoms with Crippen molar-refractivity contribution in [1.29, 1.82) is 0 Å². The molecule has 1 N–H and O–H groups in total. The van der Waals surface area contributed by atoms with Crippen molar-refractivity contribution in [2.45, 2.75) is 32.5 Å². The fraction of sp³-hybridized carbons (Fsp3) is 0.259. The highest BCUT2D eigenvalue weighted by atomic mass is 32.1. The highest BCUT2D eigenvalue weighted by molar-refractivity contribution is 7.07. The zero-order valence-corrected chi connectivity index (χ0v) is 21.2. The second-order valence-corrected chi connectivity index (χ2v) is 10.4. The van der Waals surface area contributed by atoms with Crippen LogP contribution in [0, 0.1) is 19.8 Å². The molecule has 0 saturated heterocycles. The molecule has 0 fully saturated rings. The first-order valence-electron chi connectivity index (χ1n) is 11.7. The summed E-state index contributed by atoms with van der Waals surface area (Å²) in [6.07, 6.45) is 3.59. The van der Waals surface area contributed by atoms with Crippen LogP contribution in [0.15, 0.2) is 64.5 Å². The van der Waals surface area contributed by atoms with Gasteiger partial charge in [-0.2, -0.15) is 5.10 Å². The lowest BCUT2D eigenvalue weighted by molar-refractivity contribution is -0.131. The predicted molar refractivity (Wildman–Crippen MR) is 138 cm³/mol. The Balaban J connectivity index is 1.55. The Kier molecular flexibility index (Phi) is 5.01. The Morgan fingerprint density at radius 1 is 1.17 bits per heavy atom. The third-order valence-electron chi connectivity index (χ3n) is 7.12. The first-order chi connectivity index (χ1) is 17.3. The standard InChI is InChI=1S/C27H25N5O3S/c1-15-9-5-7-11-19(15)29-24(33)22-23-18-10-6-8-12-20(18)35-27(22,3)30-26-32(23)25(34)21(36-26)13-17-14-28-31(4)16(17)2/h5-14,22-23H,1-4H3,(H,29,33)/b21-13+/t22-,23-,27-/m1/s1. The maximum atomic E-state index is 13.8. The van der Waals surface area contributed by atoms with E-state index in [1.165, 1.54) is 11.3 Å². The van der Waals surface area contributed by atoms with Gasteiger partial charge in [-0.1, -0.05) is 47.7 Å². The smallest absolute Gasteiger partial charge is 0.270 e. The summed E-state index contributed by atoms with van der Waals surface area (Å²) in [5.41, 5.74) is 2.94. The third kappa shape index (κ3) is 3.34. The van der Waals surface area contributed by atoms with Gasteiger partial charge in [-0.25, -0.2) is 4.99 Å². The van der Waals surface area contributed by atoms with E-state index in [-0.39, 0.29) is 11.5 Å². The van der Waals surface area contributed by atoms with Crippen molar-refractivity contribution in [3.63, 3.8) is 0 Å². The van der Waals surface area contributed by atoms with Gasteiger partial charge >= 0.3 is 0 Å². The molecule has 4 aromatic rings. The molecule has 2 aliphatic heterocycles. The van der Waals surface area contributed by atoms with Crippen LogP contribution in [0.2, 0.25) is 0 Å². The van der Waals surface area contributed by atoms with E-state index >= 15 is 0 Å². The molecule has 9 heteroatoms. The van der Waals surface area contributed by atoms with Crippen molar-refractivity contribution in [3.8, 4) is 5.75 Å². The number of hydrogen-bond acceptors (Lipinski definition) is 6. The normalized spacial score (nSPS) is 22.3. The Bertz CT molecular complexity index is 1720. The number of ether oxygens (including phenoxy) is 1. The number of nitrogens with zero attached hydrogens (tertiary/aromatic N) is 4. The fourth-order valence-electron chi connectivity index (χ4n) is 5.07. The van der Waals surface area contributed by atoms with Crippen molar-refractivity contribution in [2.24, 2.45) is 18.0 Å². The summed E-state index contributed by atoms with van der Waals surface area (Å²) in [6.45, 7) is 5.72. The minimum Gasteiger partial charge on any atom is -0.465 e. The minimum absolute atomic E-state index is 0.181. The highest BCUT2D eigenvalue weighted by Gasteiger charge is 2.55. The Morgan fingerprint density at radius 3 is 2.67 bits per heavy atom. The molecule has 8 nitrogen and oxygen atoms in total. The van der Waals surface area contributed by atoms with Gasteiger partial charge in [0.15, 0.2) is 4.80 Å². The quantitative estimate of drug-likeness (QED) is 0.469. The highest BCUT2D eigenvalue weighted by Crippen LogP contribution is 2.47. The average Bonchev–Trinajstić information content (AvgIpc) is 3.32. The van der Waals surface area contributed by atoms with Crippen LogP contribution in [0.4, 0.5) is 5.69 Å². The number of nitrogens with one attached hydrogen (secondary N) is 1. The number of amides is 1. The lowest BCUT2D eigenvalue weighted by atomic mass is 9.80. The monoisotopic (exact) mass is 499 g/mol. The zero-order valence-electron chi connectivity index (χ0n) is 20.4. The van der Waals surface area contributed by atoms with E-state index in [1.54, 1.807) is 15.4 Å². The summed E-state index contributed by atoms with van der Waals surface area (Å²) in [5.74, 6) is -0.363. The van der Waals surface area contributed by atoms with Crippen molar-refractivity contribution in [2.75, 3.05) is 5.32 Å². The molecular formula is C27H25N5O3S. The van der Waals surface area contributed by atoms with Crippen LogP contribution in [0.25, 0.3) is 6.08 Å². The van der Waals surface area contributed by atoms with Crippen LogP contribution in [0.3, 0.4) is 0 Å². The van der Waals surface area contributed by atoms with E-state index in [2.05, 4.69) is 10.4 Å². The van der Waals surface area contributed by atoms with Gasteiger partial charge in [0.1, 0.15) is 11.7 Å². The van der Waals surface area contributed by atoms with Gasteiger partial charge in [-0.3, -0.25) is 18.8 Å². The molecule has 0 saturated carbocycles. The number of aryl methyl sites for hydroxylation is 2. The van der Waals surface area contributed by atoms with Crippen LogP contribution < -0.4 is 24.9 Å². The van der Waals surface area contributed by atoms with E-state index in [0.29, 0.717) is 15.1 Å². The number of thiazole rings is 1. The molecule has 182 valence electrons. The minimum atomic E-state index is -1.18. The zero-order chi connectivity index (χ0) is 25.2. The van der Waals surface area contributed by atoms with Gasteiger partial charge in [0.2, 0.25) is 11.6 Å². The summed E-state index contributed by atoms with van der Waals surface area (Å²) >= 11 is 1.30. The summed E-state index contributed by atoms with van der Waals surface area (Å²) in [4.78, 5) is 33.1. The van der Waals surface area contributed by atoms with Gasteiger partial charge in [0.05, 0.1) is 16.8 Å². The molecule has 2 aliphatic rings. The molecule has 0 aliphatic carbocycles. The van der Waals surface area contributed by atoms with Gasteiger partial charge in [0.25, 0.3) is 5.56 Å². The number of benzene rings is 2. The van der Waals surface area contributed by atoms with Crippen LogP contribution in [0.1, 0.15) is 35.3 Å². The summed E-state index contributed by atoms with van der Waals surface area (Å²) in [6, 6.07) is 14.6. The first-order valence-corrected chi connectivity index (χ1v) is 12.5. The van der Waals surface area contributed by atoms with E-state index in [1.807, 2.05) is 82.4 Å². The second-order valence-electron chi connectivity index (χ2n) is 9.41. The van der Waals surface area contributed by atoms with Crippen LogP contribution in [0.5, 0.6) is 5.75 Å². The summed E-state index contributed by atoms with van der Waals surface area (Å²) in [5, 5.41) is 7.35. The van der Waals surface area contributed by atoms with Crippen LogP contribution >= 0.6 is 11.3 Å². The molecule has 6 rings (SSSR count). The number of hydrogen-bond donors (Lipinski definition) is 1. The molecule has 0 unspecified atom stereocenters. The second kappa shape index (κ2) is 8.03. The molecule has 3 atom stereocenters. The molecule has 4 heterocycles. The lowest BCUT2D eigenvalue weighted by Gasteiger charge is -2.45. The number of fused-ring (bicyclic) bond motifs is 6. The average molecular weight is 500 g/mol. The number of carbonyl (C=O) groups is 1. The van der Waals surface area contributed by atoms with E-state index in [4.69, 9.17) is 9.73 Å². The number of aromatic nitrogens is 3. The first kappa shape index (κ1) is 22.5. The predicted octanol–water partition coefficient (Wildman–Crippen LogP) is 2.68. The maximum absolute atomic E-state index is 13.8. The van der Waals surface area contributed by atoms with Gasteiger partial charge in [0, 0.05) is 29.6 Å². The van der Waals surface area contributed by atoms with Crippen LogP contribution in [-0.2, 0) is 11.8 Å². The molecule has 2 aromatic carbocycles. The summed E-state index contributed by atoms with van der Waals surface area (Å²) in [7, 11) is 1.87. The van der Waals surface area contributed by atoms with Crippen molar-refractivity contribution in [1.82, 2.24) is 14.3 Å². The van der Waals surface area contributed by atoms with Crippen molar-refractivity contribution < 1.29 is 9.53 Å². The van der Waals surface area contributed by atoms with Crippen LogP contribution in [-0.4, -0.2) is 26.0 Å². The molecule has 2 aromatic heterocycles. The van der Waals surface area contributed by atoms with E-state index < -0.39 is 17.7 Å². The summed E-state index contributed by atoms with van der Waals surface area (Å²) < 4.78 is 10.3. The molecule has 0 spiro atoms. The number of carbonyl (C=O) groups excluding carboxylic acids is 1. The van der Waals surface area contributed by atoms with E-state index in [0.717, 1.165) is 28.1 Å². The number of para-hydroxylation sites is 2. The molecule has 0 radical (unpaired) electrons. The Morgan fingerprint density at radius 2 is 1.92 bits per heavy atom. The van der Waals surface area contributed by atoms with E-state index in [9.17, 15) is 9.59 Å². The SMILES string of the molecule is Cc1ccccc1NC(=O)[C@H]1[C@H]2c3ccccc3O[C@@]1(C)N=c1s/c(=C/c3cnn(C)c3C)c(=O)n12. The Hall–Kier alpha value is -3.98. The topological polar surface area (TPSA) is 90.5 Å². The van der Waals surface area contributed by atoms with Gasteiger partial charge < -0.3 is 10.1 Å². The molecule has 1 amide bonds. The fourth-order valence-corrected chi connectivity index (χ4v) is 6.16. The maximum Gasteiger partial charge on any atom is 0.270 e. The van der Waals surface area contributed by atoms with Gasteiger partial charge in [-0.15, -0.1) is 0 Å². The molecular weight excluding hydrogens is 474 g/mol. The Labute approximate surface area is 211 Å². The molecule has 36 heavy (non-hydrogen) atoms. The number of anilines is 1. The van der Waals surface area contributed by atoms with Gasteiger partial charge in [-0.05, 0) is 44.5 Å². The van der Waals surface area contributed by atoms with Crippen molar-refractivity contribution in [3.05, 3.63) is 96.8 Å². The van der Waals surface area contributed by atoms with Crippen molar-refractivity contribution >= 4 is 29.0 Å².